The highest BCUT2D eigenvalue weighted by molar-refractivity contribution is 8.01. The minimum absolute atomic E-state index is 0.0206. The van der Waals surface area contributed by atoms with Gasteiger partial charge in [-0.15, -0.1) is 11.8 Å². The Balaban J connectivity index is 2.69. The minimum Gasteiger partial charge on any atom is -0.395 e. The second-order valence-corrected chi connectivity index (χ2v) is 7.26. The molecule has 3 nitrogen and oxygen atoms in total. The van der Waals surface area contributed by atoms with Gasteiger partial charge >= 0.3 is 0 Å². The third-order valence-corrected chi connectivity index (χ3v) is 5.22. The van der Waals surface area contributed by atoms with Gasteiger partial charge in [0.15, 0.2) is 0 Å². The molecule has 0 saturated carbocycles. The summed E-state index contributed by atoms with van der Waals surface area (Å²) in [7, 11) is 0. The maximum atomic E-state index is 12.6. The maximum absolute atomic E-state index is 12.6. The zero-order valence-corrected chi connectivity index (χ0v) is 12.9. The first-order valence-corrected chi connectivity index (χ1v) is 7.98. The topological polar surface area (TPSA) is 40.5 Å². The molecule has 106 valence electrons. The lowest BCUT2D eigenvalue weighted by Crippen LogP contribution is -2.47. The minimum atomic E-state index is -0.0206. The van der Waals surface area contributed by atoms with Crippen molar-refractivity contribution in [2.75, 3.05) is 13.2 Å². The number of amides is 1. The quantitative estimate of drug-likeness (QED) is 0.837. The molecule has 1 N–H and O–H groups in total. The molecule has 1 aliphatic rings. The molecule has 0 aromatic heterocycles. The van der Waals surface area contributed by atoms with Crippen molar-refractivity contribution in [3.63, 3.8) is 0 Å². The van der Waals surface area contributed by atoms with E-state index in [-0.39, 0.29) is 23.0 Å². The zero-order valence-electron chi connectivity index (χ0n) is 12.1. The van der Waals surface area contributed by atoms with Crippen LogP contribution >= 0.6 is 11.8 Å². The first kappa shape index (κ1) is 15.8. The second-order valence-electron chi connectivity index (χ2n) is 5.67. The van der Waals surface area contributed by atoms with Crippen molar-refractivity contribution < 1.29 is 9.90 Å². The summed E-state index contributed by atoms with van der Waals surface area (Å²) < 4.78 is 0. The van der Waals surface area contributed by atoms with Gasteiger partial charge in [0, 0.05) is 17.8 Å². The molecular formula is C14H27NO2S. The number of aliphatic hydroxyl groups excluding tert-OH is 1. The fourth-order valence-electron chi connectivity index (χ4n) is 2.38. The zero-order chi connectivity index (χ0) is 13.7. The summed E-state index contributed by atoms with van der Waals surface area (Å²) in [6.07, 6.45) is 3.48. The number of thioether (sulfide) groups is 1. The molecule has 1 fully saturated rings. The number of carbonyl (C=O) groups excluding carboxylic acids is 1. The van der Waals surface area contributed by atoms with Crippen LogP contribution in [0.1, 0.15) is 47.0 Å². The van der Waals surface area contributed by atoms with Crippen LogP contribution in [0.15, 0.2) is 0 Å². The predicted octanol–water partition coefficient (Wildman–Crippen LogP) is 2.53. The Hall–Kier alpha value is -0.220. The van der Waals surface area contributed by atoms with Crippen molar-refractivity contribution in [1.29, 1.82) is 0 Å². The van der Waals surface area contributed by atoms with E-state index in [1.165, 1.54) is 6.42 Å². The molecule has 0 radical (unpaired) electrons. The van der Waals surface area contributed by atoms with E-state index in [1.54, 1.807) is 11.8 Å². The third-order valence-electron chi connectivity index (χ3n) is 3.57. The van der Waals surface area contributed by atoms with Crippen molar-refractivity contribution in [1.82, 2.24) is 4.90 Å². The van der Waals surface area contributed by atoms with Gasteiger partial charge in [-0.25, -0.2) is 0 Å². The molecule has 18 heavy (non-hydrogen) atoms. The smallest absolute Gasteiger partial charge is 0.236 e. The van der Waals surface area contributed by atoms with Gasteiger partial charge in [-0.3, -0.25) is 4.79 Å². The van der Waals surface area contributed by atoms with Crippen LogP contribution in [0.2, 0.25) is 0 Å². The van der Waals surface area contributed by atoms with E-state index >= 15 is 0 Å². The Bertz CT molecular complexity index is 271. The van der Waals surface area contributed by atoms with Crippen molar-refractivity contribution in [2.24, 2.45) is 5.92 Å². The number of rotatable bonds is 5. The fraction of sp³-hybridized carbons (Fsp3) is 0.929. The standard InChI is InChI=1S/C14H27NO2S/c1-10(2)13(18-12(4)9-16)14(17)15-8-6-5-7-11(15)3/h10-13,16H,5-9H2,1-4H3/t11-,12+,13-/m0/s1. The monoisotopic (exact) mass is 273 g/mol. The molecule has 1 amide bonds. The van der Waals surface area contributed by atoms with E-state index < -0.39 is 0 Å². The Morgan fingerprint density at radius 1 is 1.39 bits per heavy atom. The second kappa shape index (κ2) is 7.39. The molecule has 0 aromatic rings. The SMILES string of the molecule is CC(C)[C@H](S[C@H](C)CO)C(=O)N1CCCC[C@@H]1C. The van der Waals surface area contributed by atoms with E-state index in [4.69, 9.17) is 5.11 Å². The third kappa shape index (κ3) is 4.16. The average Bonchev–Trinajstić information content (AvgIpc) is 2.35. The summed E-state index contributed by atoms with van der Waals surface area (Å²) in [6.45, 7) is 9.35. The summed E-state index contributed by atoms with van der Waals surface area (Å²) in [5.74, 6) is 0.577. The largest absolute Gasteiger partial charge is 0.395 e. The maximum Gasteiger partial charge on any atom is 0.236 e. The van der Waals surface area contributed by atoms with Crippen LogP contribution in [-0.2, 0) is 4.79 Å². The first-order chi connectivity index (χ1) is 8.47. The summed E-state index contributed by atoms with van der Waals surface area (Å²) in [6, 6.07) is 0.373. The van der Waals surface area contributed by atoms with Gasteiger partial charge in [-0.05, 0) is 32.1 Å². The highest BCUT2D eigenvalue weighted by Crippen LogP contribution is 2.28. The van der Waals surface area contributed by atoms with Gasteiger partial charge < -0.3 is 10.0 Å². The van der Waals surface area contributed by atoms with Crippen LogP contribution in [0, 0.1) is 5.92 Å². The van der Waals surface area contributed by atoms with Crippen LogP contribution in [0.4, 0.5) is 0 Å². The lowest BCUT2D eigenvalue weighted by Gasteiger charge is -2.37. The molecule has 4 heteroatoms. The number of likely N-dealkylation sites (tertiary alicyclic amines) is 1. The molecule has 1 rings (SSSR count). The predicted molar refractivity (Wildman–Crippen MR) is 77.8 cm³/mol. The van der Waals surface area contributed by atoms with E-state index in [2.05, 4.69) is 20.8 Å². The average molecular weight is 273 g/mol. The van der Waals surface area contributed by atoms with Crippen molar-refractivity contribution in [3.8, 4) is 0 Å². The number of nitrogens with zero attached hydrogens (tertiary/aromatic N) is 1. The number of piperidine rings is 1. The van der Waals surface area contributed by atoms with Gasteiger partial charge in [0.25, 0.3) is 0 Å². The molecule has 0 aliphatic carbocycles. The van der Waals surface area contributed by atoms with Crippen molar-refractivity contribution in [2.45, 2.75) is 63.5 Å². The Kier molecular flexibility index (Phi) is 6.50. The Morgan fingerprint density at radius 3 is 2.56 bits per heavy atom. The highest BCUT2D eigenvalue weighted by atomic mass is 32.2. The van der Waals surface area contributed by atoms with E-state index in [0.29, 0.717) is 12.0 Å². The number of hydrogen-bond acceptors (Lipinski definition) is 3. The van der Waals surface area contributed by atoms with Gasteiger partial charge in [0.2, 0.25) is 5.91 Å². The lowest BCUT2D eigenvalue weighted by molar-refractivity contribution is -0.134. The lowest BCUT2D eigenvalue weighted by atomic mass is 10.0. The normalized spacial score (nSPS) is 24.1. The number of aliphatic hydroxyl groups is 1. The highest BCUT2D eigenvalue weighted by Gasteiger charge is 2.32. The van der Waals surface area contributed by atoms with Crippen LogP contribution in [-0.4, -0.2) is 45.6 Å². The van der Waals surface area contributed by atoms with Crippen LogP contribution in [0.3, 0.4) is 0 Å². The molecule has 1 aliphatic heterocycles. The molecule has 0 bridgehead atoms. The van der Waals surface area contributed by atoms with Crippen LogP contribution in [0.25, 0.3) is 0 Å². The molecule has 1 heterocycles. The fourth-order valence-corrected chi connectivity index (χ4v) is 3.54. The summed E-state index contributed by atoms with van der Waals surface area (Å²) in [5, 5.41) is 9.27. The van der Waals surface area contributed by atoms with Gasteiger partial charge in [-0.2, -0.15) is 0 Å². The Labute approximate surface area is 115 Å². The van der Waals surface area contributed by atoms with Crippen molar-refractivity contribution >= 4 is 17.7 Å². The summed E-state index contributed by atoms with van der Waals surface area (Å²) in [4.78, 5) is 14.7. The van der Waals surface area contributed by atoms with E-state index in [9.17, 15) is 4.79 Å². The van der Waals surface area contributed by atoms with E-state index in [1.807, 2.05) is 11.8 Å². The number of hydrogen-bond donors (Lipinski definition) is 1. The molecule has 0 unspecified atom stereocenters. The molecule has 3 atom stereocenters. The van der Waals surface area contributed by atoms with Crippen LogP contribution < -0.4 is 0 Å². The van der Waals surface area contributed by atoms with Gasteiger partial charge in [-0.1, -0.05) is 20.8 Å². The molecule has 0 aromatic carbocycles. The first-order valence-electron chi connectivity index (χ1n) is 7.04. The van der Waals surface area contributed by atoms with Gasteiger partial charge in [0.1, 0.15) is 0 Å². The Morgan fingerprint density at radius 2 is 2.06 bits per heavy atom. The number of carbonyl (C=O) groups is 1. The molecular weight excluding hydrogens is 246 g/mol. The van der Waals surface area contributed by atoms with Gasteiger partial charge in [0.05, 0.1) is 11.9 Å². The van der Waals surface area contributed by atoms with Crippen molar-refractivity contribution in [3.05, 3.63) is 0 Å². The van der Waals surface area contributed by atoms with Crippen LogP contribution in [0.5, 0.6) is 0 Å². The summed E-state index contributed by atoms with van der Waals surface area (Å²) in [5.41, 5.74) is 0. The molecule has 0 spiro atoms. The van der Waals surface area contributed by atoms with E-state index in [0.717, 1.165) is 19.4 Å². The molecule has 1 saturated heterocycles. The summed E-state index contributed by atoms with van der Waals surface area (Å²) >= 11 is 1.62.